The number of carbonyl (C=O) groups is 2. The van der Waals surface area contributed by atoms with Crippen LogP contribution in [0, 0.1) is 0 Å². The molecule has 0 fully saturated rings. The van der Waals surface area contributed by atoms with Crippen LogP contribution in [0.25, 0.3) is 0 Å². The average Bonchev–Trinajstić information content (AvgIpc) is 2.61. The van der Waals surface area contributed by atoms with Gasteiger partial charge in [-0.15, -0.1) is 0 Å². The van der Waals surface area contributed by atoms with Gasteiger partial charge in [-0.1, -0.05) is 42.5 Å². The molecule has 2 amide bonds. The molecule has 0 saturated carbocycles. The molecule has 1 aliphatic rings. The van der Waals surface area contributed by atoms with Crippen LogP contribution in [0.4, 0.5) is 9.59 Å². The topological polar surface area (TPSA) is 76.7 Å². The van der Waals surface area contributed by atoms with Crippen molar-refractivity contribution in [3.05, 3.63) is 70.8 Å². The van der Waals surface area contributed by atoms with Crippen LogP contribution >= 0.6 is 0 Å². The number of amides is 2. The van der Waals surface area contributed by atoms with Gasteiger partial charge in [-0.2, -0.15) is 0 Å². The lowest BCUT2D eigenvalue weighted by molar-refractivity contribution is 0.137. The quantitative estimate of drug-likeness (QED) is 0.780. The molecule has 6 heteroatoms. The van der Waals surface area contributed by atoms with Crippen molar-refractivity contribution in [1.82, 2.24) is 10.6 Å². The highest BCUT2D eigenvalue weighted by atomic mass is 16.6. The Kier molecular flexibility index (Phi) is 4.96. The van der Waals surface area contributed by atoms with E-state index in [4.69, 9.17) is 9.47 Å². The molecule has 0 atom stereocenters. The fourth-order valence-electron chi connectivity index (χ4n) is 2.41. The summed E-state index contributed by atoms with van der Waals surface area (Å²) in [4.78, 5) is 23.6. The van der Waals surface area contributed by atoms with Crippen molar-refractivity contribution in [2.45, 2.75) is 26.3 Å². The Balaban J connectivity index is 1.76. The summed E-state index contributed by atoms with van der Waals surface area (Å²) >= 11 is 0. The zero-order chi connectivity index (χ0) is 16.8. The molecule has 0 aliphatic carbocycles. The SMILES string of the molecule is O=C1NCc2cccc(c2)CNC(=O)OCc2cccc(c2)CO1. The van der Waals surface area contributed by atoms with Gasteiger partial charge in [0.05, 0.1) is 0 Å². The fraction of sp³-hybridized carbons (Fsp3) is 0.222. The predicted molar refractivity (Wildman–Crippen MR) is 86.9 cm³/mol. The predicted octanol–water partition coefficient (Wildman–Crippen LogP) is 2.85. The molecule has 6 nitrogen and oxygen atoms in total. The van der Waals surface area contributed by atoms with Crippen molar-refractivity contribution < 1.29 is 19.1 Å². The molecule has 2 aromatic carbocycles. The second-order valence-corrected chi connectivity index (χ2v) is 5.50. The average molecular weight is 326 g/mol. The fourth-order valence-corrected chi connectivity index (χ4v) is 2.41. The van der Waals surface area contributed by atoms with Gasteiger partial charge >= 0.3 is 12.2 Å². The molecule has 1 aliphatic heterocycles. The smallest absolute Gasteiger partial charge is 0.407 e. The third-order valence-electron chi connectivity index (χ3n) is 3.60. The highest BCUT2D eigenvalue weighted by molar-refractivity contribution is 5.67. The maximum atomic E-state index is 11.8. The zero-order valence-electron chi connectivity index (χ0n) is 13.1. The molecule has 1 heterocycles. The van der Waals surface area contributed by atoms with E-state index < -0.39 is 12.2 Å². The van der Waals surface area contributed by atoms with E-state index in [1.54, 1.807) is 0 Å². The number of carbonyl (C=O) groups excluding carboxylic acids is 2. The number of benzene rings is 2. The maximum absolute atomic E-state index is 11.8. The Morgan fingerprint density at radius 1 is 0.667 bits per heavy atom. The van der Waals surface area contributed by atoms with Crippen molar-refractivity contribution in [1.29, 1.82) is 0 Å². The second kappa shape index (κ2) is 7.50. The monoisotopic (exact) mass is 326 g/mol. The van der Waals surface area contributed by atoms with E-state index in [0.29, 0.717) is 13.1 Å². The van der Waals surface area contributed by atoms with E-state index in [-0.39, 0.29) is 13.2 Å². The molecular weight excluding hydrogens is 308 g/mol. The summed E-state index contributed by atoms with van der Waals surface area (Å²) in [6.07, 6.45) is -0.940. The Morgan fingerprint density at radius 3 is 1.58 bits per heavy atom. The molecule has 0 radical (unpaired) electrons. The Hall–Kier alpha value is -3.02. The van der Waals surface area contributed by atoms with Crippen molar-refractivity contribution in [3.8, 4) is 0 Å². The van der Waals surface area contributed by atoms with Gasteiger partial charge in [0.2, 0.25) is 0 Å². The Morgan fingerprint density at radius 2 is 1.08 bits per heavy atom. The van der Waals surface area contributed by atoms with E-state index in [1.807, 2.05) is 48.5 Å². The van der Waals surface area contributed by atoms with E-state index in [2.05, 4.69) is 10.6 Å². The van der Waals surface area contributed by atoms with Crippen molar-refractivity contribution in [2.24, 2.45) is 0 Å². The van der Waals surface area contributed by atoms with Crippen LogP contribution in [0.15, 0.2) is 48.5 Å². The lowest BCUT2D eigenvalue weighted by Gasteiger charge is -2.12. The van der Waals surface area contributed by atoms with Gasteiger partial charge in [-0.3, -0.25) is 0 Å². The lowest BCUT2D eigenvalue weighted by Crippen LogP contribution is -2.25. The molecule has 24 heavy (non-hydrogen) atoms. The summed E-state index contributed by atoms with van der Waals surface area (Å²) in [6.45, 7) is 1.03. The van der Waals surface area contributed by atoms with Crippen LogP contribution in [0.2, 0.25) is 0 Å². The van der Waals surface area contributed by atoms with E-state index >= 15 is 0 Å². The van der Waals surface area contributed by atoms with Crippen LogP contribution in [-0.2, 0) is 35.8 Å². The lowest BCUT2D eigenvalue weighted by atomic mass is 10.1. The third kappa shape index (κ3) is 4.49. The summed E-state index contributed by atoms with van der Waals surface area (Å²) in [5.74, 6) is 0. The Bertz CT molecular complexity index is 631. The molecule has 2 aromatic rings. The van der Waals surface area contributed by atoms with E-state index in [9.17, 15) is 9.59 Å². The van der Waals surface area contributed by atoms with Gasteiger partial charge in [0.1, 0.15) is 13.2 Å². The summed E-state index contributed by atoms with van der Waals surface area (Å²) < 4.78 is 10.4. The number of fused-ring (bicyclic) bond motifs is 4. The highest BCUT2D eigenvalue weighted by Crippen LogP contribution is 2.10. The molecular formula is C18H18N2O4. The summed E-state index contributed by atoms with van der Waals surface area (Å²) in [5.41, 5.74) is 3.52. The maximum Gasteiger partial charge on any atom is 0.407 e. The Labute approximate surface area is 139 Å². The number of nitrogens with one attached hydrogen (secondary N) is 2. The van der Waals surface area contributed by atoms with Crippen LogP contribution in [0.3, 0.4) is 0 Å². The molecule has 0 spiro atoms. The normalized spacial score (nSPS) is 15.5. The van der Waals surface area contributed by atoms with Crippen molar-refractivity contribution >= 4 is 12.2 Å². The second-order valence-electron chi connectivity index (χ2n) is 5.50. The van der Waals surface area contributed by atoms with Crippen molar-refractivity contribution in [3.63, 3.8) is 0 Å². The minimum atomic E-state index is -0.470. The molecule has 124 valence electrons. The first-order chi connectivity index (χ1) is 11.7. The first-order valence-electron chi connectivity index (χ1n) is 7.66. The zero-order valence-corrected chi connectivity index (χ0v) is 13.1. The van der Waals surface area contributed by atoms with E-state index in [1.165, 1.54) is 0 Å². The number of hydrogen-bond donors (Lipinski definition) is 2. The first-order valence-corrected chi connectivity index (χ1v) is 7.66. The van der Waals surface area contributed by atoms with Gasteiger partial charge in [-0.25, -0.2) is 9.59 Å². The third-order valence-corrected chi connectivity index (χ3v) is 3.60. The minimum absolute atomic E-state index is 0.159. The highest BCUT2D eigenvalue weighted by Gasteiger charge is 2.07. The molecule has 3 rings (SSSR count). The van der Waals surface area contributed by atoms with Crippen LogP contribution in [0.5, 0.6) is 0 Å². The molecule has 0 unspecified atom stereocenters. The number of rotatable bonds is 0. The number of cyclic esters (lactones) is 2. The number of ether oxygens (including phenoxy) is 2. The van der Waals surface area contributed by atoms with Crippen LogP contribution in [-0.4, -0.2) is 12.2 Å². The van der Waals surface area contributed by atoms with E-state index in [0.717, 1.165) is 22.3 Å². The molecule has 4 bridgehead atoms. The van der Waals surface area contributed by atoms with Gasteiger partial charge in [0, 0.05) is 13.1 Å². The molecule has 2 N–H and O–H groups in total. The largest absolute Gasteiger partial charge is 0.445 e. The first kappa shape index (κ1) is 15.9. The standard InChI is InChI=1S/C18H18N2O4/c21-17-19-9-13-3-1-4-14(7-13)10-20-18(22)24-12-16-6-2-5-15(8-16)11-23-17/h1-8H,9-12H2,(H,19,21)(H,20,22). The van der Waals surface area contributed by atoms with Crippen LogP contribution in [0.1, 0.15) is 22.3 Å². The van der Waals surface area contributed by atoms with Gasteiger partial charge in [0.25, 0.3) is 0 Å². The molecule has 0 saturated heterocycles. The van der Waals surface area contributed by atoms with Crippen molar-refractivity contribution in [2.75, 3.05) is 0 Å². The summed E-state index contributed by atoms with van der Waals surface area (Å²) in [7, 11) is 0. The van der Waals surface area contributed by atoms with Crippen LogP contribution < -0.4 is 10.6 Å². The summed E-state index contributed by atoms with van der Waals surface area (Å²) in [5, 5.41) is 5.43. The number of alkyl carbamates (subject to hydrolysis) is 2. The van der Waals surface area contributed by atoms with Gasteiger partial charge in [-0.05, 0) is 28.3 Å². The molecule has 0 aromatic heterocycles. The van der Waals surface area contributed by atoms with Gasteiger partial charge in [0.15, 0.2) is 0 Å². The minimum Gasteiger partial charge on any atom is -0.445 e. The number of hydrogen-bond acceptors (Lipinski definition) is 4. The summed E-state index contributed by atoms with van der Waals surface area (Å²) in [6, 6.07) is 15.0. The van der Waals surface area contributed by atoms with Gasteiger partial charge < -0.3 is 20.1 Å².